The van der Waals surface area contributed by atoms with Crippen LogP contribution < -0.4 is 5.32 Å². The second kappa shape index (κ2) is 6.12. The highest BCUT2D eigenvalue weighted by molar-refractivity contribution is 5.95. The highest BCUT2D eigenvalue weighted by Crippen LogP contribution is 2.18. The van der Waals surface area contributed by atoms with Gasteiger partial charge in [0.2, 0.25) is 6.39 Å². The zero-order valence-corrected chi connectivity index (χ0v) is 11.5. The number of carbonyl (C=O) groups excluding carboxylic acids is 1. The number of hydrogen-bond donors (Lipinski definition) is 2. The average molecular weight is 290 g/mol. The Hall–Kier alpha value is -2.77. The summed E-state index contributed by atoms with van der Waals surface area (Å²) in [4.78, 5) is 30.5. The van der Waals surface area contributed by atoms with Gasteiger partial charge in [0.1, 0.15) is 5.69 Å². The number of carboxylic acid groups (broad SMARTS) is 1. The van der Waals surface area contributed by atoms with Crippen molar-refractivity contribution in [1.82, 2.24) is 20.4 Å². The van der Waals surface area contributed by atoms with Gasteiger partial charge in [-0.1, -0.05) is 19.0 Å². The molecule has 8 nitrogen and oxygen atoms in total. The molecule has 2 N–H and O–H groups in total. The van der Waals surface area contributed by atoms with E-state index < -0.39 is 12.0 Å². The normalized spacial score (nSPS) is 12.1. The summed E-state index contributed by atoms with van der Waals surface area (Å²) in [5.41, 5.74) is 0.138. The van der Waals surface area contributed by atoms with E-state index in [1.807, 2.05) is 13.8 Å². The van der Waals surface area contributed by atoms with Crippen LogP contribution in [0.3, 0.4) is 0 Å². The van der Waals surface area contributed by atoms with Gasteiger partial charge in [-0.05, 0) is 18.1 Å². The van der Waals surface area contributed by atoms with Crippen LogP contribution in [0.1, 0.15) is 46.6 Å². The molecule has 8 heteroatoms. The summed E-state index contributed by atoms with van der Waals surface area (Å²) in [6.07, 6.45) is 2.41. The number of rotatable bonds is 5. The fourth-order valence-corrected chi connectivity index (χ4v) is 1.72. The first kappa shape index (κ1) is 14.6. The molecule has 0 fully saturated rings. The summed E-state index contributed by atoms with van der Waals surface area (Å²) in [6, 6.07) is 2.27. The summed E-state index contributed by atoms with van der Waals surface area (Å²) >= 11 is 0. The van der Waals surface area contributed by atoms with Gasteiger partial charge in [0.15, 0.2) is 5.82 Å². The standard InChI is InChI=1S/C13H14N4O4/c1-7(2)10(11-15-6-21-17-11)16-12(18)8-3-4-9(13(19)20)14-5-8/h3-7,10H,1-2H3,(H,16,18)(H,19,20). The highest BCUT2D eigenvalue weighted by Gasteiger charge is 2.23. The van der Waals surface area contributed by atoms with Crippen molar-refractivity contribution < 1.29 is 19.2 Å². The minimum atomic E-state index is -1.14. The molecule has 0 radical (unpaired) electrons. The van der Waals surface area contributed by atoms with Crippen LogP contribution in [0.2, 0.25) is 0 Å². The first-order valence-corrected chi connectivity index (χ1v) is 6.25. The van der Waals surface area contributed by atoms with Gasteiger partial charge in [0, 0.05) is 6.20 Å². The van der Waals surface area contributed by atoms with Gasteiger partial charge < -0.3 is 14.9 Å². The van der Waals surface area contributed by atoms with E-state index in [4.69, 9.17) is 5.11 Å². The number of nitrogens with one attached hydrogen (secondary N) is 1. The second-order valence-corrected chi connectivity index (χ2v) is 4.72. The summed E-state index contributed by atoms with van der Waals surface area (Å²) in [5.74, 6) is -1.09. The zero-order chi connectivity index (χ0) is 15.4. The first-order chi connectivity index (χ1) is 9.99. The van der Waals surface area contributed by atoms with Gasteiger partial charge >= 0.3 is 5.97 Å². The molecule has 1 amide bonds. The van der Waals surface area contributed by atoms with Crippen molar-refractivity contribution in [3.8, 4) is 0 Å². The van der Waals surface area contributed by atoms with Gasteiger partial charge in [0.05, 0.1) is 11.6 Å². The van der Waals surface area contributed by atoms with E-state index in [1.165, 1.54) is 24.7 Å². The molecule has 0 aromatic carbocycles. The van der Waals surface area contributed by atoms with Crippen molar-refractivity contribution in [2.75, 3.05) is 0 Å². The van der Waals surface area contributed by atoms with Crippen LogP contribution in [-0.2, 0) is 0 Å². The molecule has 110 valence electrons. The number of carbonyl (C=O) groups is 2. The van der Waals surface area contributed by atoms with Crippen molar-refractivity contribution in [3.05, 3.63) is 41.8 Å². The first-order valence-electron chi connectivity index (χ1n) is 6.25. The van der Waals surface area contributed by atoms with Crippen LogP contribution in [0, 0.1) is 5.92 Å². The molecule has 2 heterocycles. The molecule has 0 spiro atoms. The maximum absolute atomic E-state index is 12.2. The van der Waals surface area contributed by atoms with Crippen LogP contribution in [0.15, 0.2) is 29.2 Å². The molecule has 0 aliphatic carbocycles. The van der Waals surface area contributed by atoms with E-state index in [-0.39, 0.29) is 23.1 Å². The summed E-state index contributed by atoms with van der Waals surface area (Å²) in [5, 5.41) is 15.3. The second-order valence-electron chi connectivity index (χ2n) is 4.72. The average Bonchev–Trinajstić information content (AvgIpc) is 2.98. The van der Waals surface area contributed by atoms with Gasteiger partial charge in [-0.15, -0.1) is 0 Å². The molecule has 2 rings (SSSR count). The minimum absolute atomic E-state index is 0.0535. The molecule has 1 atom stereocenters. The molecule has 1 unspecified atom stereocenters. The predicted octanol–water partition coefficient (Wildman–Crippen LogP) is 1.29. The highest BCUT2D eigenvalue weighted by atomic mass is 16.5. The Kier molecular flexibility index (Phi) is 4.27. The van der Waals surface area contributed by atoms with Crippen LogP contribution in [0.4, 0.5) is 0 Å². The fourth-order valence-electron chi connectivity index (χ4n) is 1.72. The predicted molar refractivity (Wildman–Crippen MR) is 70.5 cm³/mol. The minimum Gasteiger partial charge on any atom is -0.477 e. The van der Waals surface area contributed by atoms with Gasteiger partial charge in [0.25, 0.3) is 5.91 Å². The smallest absolute Gasteiger partial charge is 0.354 e. The Morgan fingerprint density at radius 1 is 1.29 bits per heavy atom. The van der Waals surface area contributed by atoms with E-state index >= 15 is 0 Å². The number of hydrogen-bond acceptors (Lipinski definition) is 6. The molecule has 0 saturated carbocycles. The zero-order valence-electron chi connectivity index (χ0n) is 11.5. The molecule has 2 aromatic heterocycles. The Bertz CT molecular complexity index is 622. The van der Waals surface area contributed by atoms with Gasteiger partial charge in [-0.3, -0.25) is 4.79 Å². The maximum atomic E-state index is 12.2. The molecule has 0 bridgehead atoms. The Balaban J connectivity index is 2.14. The van der Waals surface area contributed by atoms with E-state index in [2.05, 4.69) is 25.0 Å². The van der Waals surface area contributed by atoms with E-state index in [1.54, 1.807) is 0 Å². The number of aromatic nitrogens is 3. The van der Waals surface area contributed by atoms with E-state index in [0.717, 1.165) is 0 Å². The Labute approximate surface area is 120 Å². The summed E-state index contributed by atoms with van der Waals surface area (Å²) in [7, 11) is 0. The van der Waals surface area contributed by atoms with Crippen molar-refractivity contribution >= 4 is 11.9 Å². The molecule has 0 saturated heterocycles. The number of nitrogens with zero attached hydrogens (tertiary/aromatic N) is 3. The lowest BCUT2D eigenvalue weighted by molar-refractivity contribution is 0.0689. The molecule has 0 aliphatic heterocycles. The monoisotopic (exact) mass is 290 g/mol. The molecule has 0 aliphatic rings. The van der Waals surface area contributed by atoms with Gasteiger partial charge in [-0.25, -0.2) is 9.78 Å². The Morgan fingerprint density at radius 2 is 2.05 bits per heavy atom. The fraction of sp³-hybridized carbons (Fsp3) is 0.308. The third-order valence-corrected chi connectivity index (χ3v) is 2.85. The van der Waals surface area contributed by atoms with Gasteiger partial charge in [-0.2, -0.15) is 4.98 Å². The van der Waals surface area contributed by atoms with Crippen LogP contribution in [-0.4, -0.2) is 32.1 Å². The largest absolute Gasteiger partial charge is 0.477 e. The lowest BCUT2D eigenvalue weighted by Crippen LogP contribution is -2.32. The number of aromatic carboxylic acids is 1. The third-order valence-electron chi connectivity index (χ3n) is 2.85. The number of carboxylic acids is 1. The van der Waals surface area contributed by atoms with E-state index in [9.17, 15) is 9.59 Å². The SMILES string of the molecule is CC(C)C(NC(=O)c1ccc(C(=O)O)nc1)c1ncon1. The van der Waals surface area contributed by atoms with Crippen LogP contribution >= 0.6 is 0 Å². The number of pyridine rings is 1. The van der Waals surface area contributed by atoms with Crippen molar-refractivity contribution in [2.45, 2.75) is 19.9 Å². The lowest BCUT2D eigenvalue weighted by atomic mass is 10.0. The Morgan fingerprint density at radius 3 is 2.52 bits per heavy atom. The molecular formula is C13H14N4O4. The van der Waals surface area contributed by atoms with E-state index in [0.29, 0.717) is 5.82 Å². The van der Waals surface area contributed by atoms with Crippen LogP contribution in [0.5, 0.6) is 0 Å². The molecule has 2 aromatic rings. The number of amides is 1. The van der Waals surface area contributed by atoms with Crippen molar-refractivity contribution in [2.24, 2.45) is 5.92 Å². The topological polar surface area (TPSA) is 118 Å². The van der Waals surface area contributed by atoms with Crippen molar-refractivity contribution in [3.63, 3.8) is 0 Å². The van der Waals surface area contributed by atoms with Crippen molar-refractivity contribution in [1.29, 1.82) is 0 Å². The quantitative estimate of drug-likeness (QED) is 0.851. The lowest BCUT2D eigenvalue weighted by Gasteiger charge is -2.18. The summed E-state index contributed by atoms with van der Waals surface area (Å²) in [6.45, 7) is 3.82. The summed E-state index contributed by atoms with van der Waals surface area (Å²) < 4.78 is 4.68. The van der Waals surface area contributed by atoms with Crippen LogP contribution in [0.25, 0.3) is 0 Å². The molecular weight excluding hydrogens is 276 g/mol. The third kappa shape index (κ3) is 3.41. The molecule has 21 heavy (non-hydrogen) atoms. The maximum Gasteiger partial charge on any atom is 0.354 e.